The third-order valence-electron chi connectivity index (χ3n) is 5.05. The summed E-state index contributed by atoms with van der Waals surface area (Å²) in [6, 6.07) is 5.54. The zero-order chi connectivity index (χ0) is 20.4. The van der Waals surface area contributed by atoms with E-state index in [1.165, 1.54) is 0 Å². The first-order valence-corrected chi connectivity index (χ1v) is 9.77. The molecule has 1 amide bonds. The van der Waals surface area contributed by atoms with Crippen LogP contribution >= 0.6 is 11.6 Å². The summed E-state index contributed by atoms with van der Waals surface area (Å²) in [5, 5.41) is 9.34. The highest BCUT2D eigenvalue weighted by molar-refractivity contribution is 6.35. The number of nitrogens with one attached hydrogen (secondary N) is 1. The van der Waals surface area contributed by atoms with E-state index in [9.17, 15) is 9.59 Å². The zero-order valence-corrected chi connectivity index (χ0v) is 17.1. The molecule has 0 aliphatic carbocycles. The Kier molecular flexibility index (Phi) is 6.10. The number of aromatic amines is 1. The van der Waals surface area contributed by atoms with Crippen LogP contribution in [0.15, 0.2) is 23.0 Å². The van der Waals surface area contributed by atoms with Gasteiger partial charge in [-0.3, -0.25) is 9.59 Å². The Hall–Kier alpha value is -2.31. The Labute approximate surface area is 169 Å². The normalized spacial score (nSPS) is 14.8. The number of carbonyl (C=O) groups is 1. The first-order valence-electron chi connectivity index (χ1n) is 9.39. The molecule has 0 saturated carbocycles. The van der Waals surface area contributed by atoms with Crippen LogP contribution in [0.3, 0.4) is 0 Å². The number of pyridine rings is 1. The van der Waals surface area contributed by atoms with Gasteiger partial charge in [0.15, 0.2) is 0 Å². The van der Waals surface area contributed by atoms with Gasteiger partial charge in [-0.2, -0.15) is 0 Å². The minimum absolute atomic E-state index is 0.0148. The van der Waals surface area contributed by atoms with Crippen LogP contribution < -0.4 is 10.3 Å². The largest absolute Gasteiger partial charge is 0.489 e. The highest BCUT2D eigenvalue weighted by Crippen LogP contribution is 2.35. The molecule has 1 aliphatic heterocycles. The van der Waals surface area contributed by atoms with Gasteiger partial charge in [-0.25, -0.2) is 0 Å². The van der Waals surface area contributed by atoms with Crippen molar-refractivity contribution >= 4 is 17.5 Å². The maximum Gasteiger partial charge on any atom is 0.256 e. The first-order chi connectivity index (χ1) is 13.3. The van der Waals surface area contributed by atoms with Gasteiger partial charge in [0.25, 0.3) is 11.5 Å². The molecule has 2 aromatic rings. The van der Waals surface area contributed by atoms with Gasteiger partial charge in [0.1, 0.15) is 5.75 Å². The second-order valence-electron chi connectivity index (χ2n) is 7.27. The van der Waals surface area contributed by atoms with E-state index in [1.807, 2.05) is 32.9 Å². The molecule has 0 bridgehead atoms. The van der Waals surface area contributed by atoms with Crippen molar-refractivity contribution in [1.82, 2.24) is 9.88 Å². The average molecular weight is 405 g/mol. The number of carbonyl (C=O) groups excluding carboxylic acids is 1. The van der Waals surface area contributed by atoms with Gasteiger partial charge in [0.05, 0.1) is 23.2 Å². The van der Waals surface area contributed by atoms with Gasteiger partial charge in [-0.15, -0.1) is 0 Å². The topological polar surface area (TPSA) is 82.6 Å². The standard InChI is InChI=1S/C21H25ClN2O4/c1-12-10-13(2)23-20(26)16(12)11-24-8-6-15-4-5-17(28-14(3)7-9-25)19(22)18(15)21(24)27/h4-5,10,14,25H,6-9,11H2,1-3H3,(H,23,26)/t14-/m0/s1. The Morgan fingerprint density at radius 3 is 2.75 bits per heavy atom. The summed E-state index contributed by atoms with van der Waals surface area (Å²) in [4.78, 5) is 29.9. The van der Waals surface area contributed by atoms with Crippen molar-refractivity contribution in [3.8, 4) is 5.75 Å². The molecule has 0 spiro atoms. The molecule has 0 saturated heterocycles. The number of H-pyrrole nitrogens is 1. The van der Waals surface area contributed by atoms with Gasteiger partial charge in [0.2, 0.25) is 0 Å². The Morgan fingerprint density at radius 2 is 2.07 bits per heavy atom. The third-order valence-corrected chi connectivity index (χ3v) is 5.43. The molecule has 6 nitrogen and oxygen atoms in total. The van der Waals surface area contributed by atoms with E-state index in [0.717, 1.165) is 16.8 Å². The fourth-order valence-electron chi connectivity index (χ4n) is 3.52. The molecule has 1 aromatic carbocycles. The number of ether oxygens (including phenoxy) is 1. The highest BCUT2D eigenvalue weighted by Gasteiger charge is 2.29. The summed E-state index contributed by atoms with van der Waals surface area (Å²) in [5.74, 6) is 0.229. The van der Waals surface area contributed by atoms with Crippen LogP contribution in [0.1, 0.15) is 46.1 Å². The van der Waals surface area contributed by atoms with Crippen LogP contribution in [0, 0.1) is 13.8 Å². The molecule has 0 radical (unpaired) electrons. The maximum absolute atomic E-state index is 13.1. The minimum atomic E-state index is -0.218. The van der Waals surface area contributed by atoms with E-state index in [1.54, 1.807) is 11.0 Å². The molecular formula is C21H25ClN2O4. The minimum Gasteiger partial charge on any atom is -0.489 e. The van der Waals surface area contributed by atoms with E-state index in [0.29, 0.717) is 36.3 Å². The number of aromatic nitrogens is 1. The first kappa shape index (κ1) is 20.4. The summed E-state index contributed by atoms with van der Waals surface area (Å²) in [5.41, 5.74) is 3.38. The van der Waals surface area contributed by atoms with Crippen LogP contribution in [0.4, 0.5) is 0 Å². The van der Waals surface area contributed by atoms with Gasteiger partial charge < -0.3 is 19.7 Å². The van der Waals surface area contributed by atoms with Crippen molar-refractivity contribution in [3.05, 3.63) is 61.5 Å². The molecule has 2 heterocycles. The van der Waals surface area contributed by atoms with Gasteiger partial charge in [-0.1, -0.05) is 17.7 Å². The summed E-state index contributed by atoms with van der Waals surface area (Å²) in [7, 11) is 0. The lowest BCUT2D eigenvalue weighted by molar-refractivity contribution is 0.0725. The summed E-state index contributed by atoms with van der Waals surface area (Å²) < 4.78 is 5.79. The number of benzene rings is 1. The van der Waals surface area contributed by atoms with Crippen molar-refractivity contribution in [1.29, 1.82) is 0 Å². The maximum atomic E-state index is 13.1. The molecule has 1 atom stereocenters. The van der Waals surface area contributed by atoms with Crippen molar-refractivity contribution in [2.75, 3.05) is 13.2 Å². The van der Waals surface area contributed by atoms with E-state index in [4.69, 9.17) is 21.4 Å². The average Bonchev–Trinajstić information content (AvgIpc) is 2.62. The van der Waals surface area contributed by atoms with Crippen LogP contribution in [0.2, 0.25) is 5.02 Å². The van der Waals surface area contributed by atoms with Crippen LogP contribution in [0.5, 0.6) is 5.75 Å². The number of hydrogen-bond acceptors (Lipinski definition) is 4. The predicted molar refractivity (Wildman–Crippen MR) is 108 cm³/mol. The van der Waals surface area contributed by atoms with Gasteiger partial charge in [-0.05, 0) is 50.5 Å². The zero-order valence-electron chi connectivity index (χ0n) is 16.3. The monoisotopic (exact) mass is 404 g/mol. The number of nitrogens with zero attached hydrogens (tertiary/aromatic N) is 1. The quantitative estimate of drug-likeness (QED) is 0.775. The van der Waals surface area contributed by atoms with E-state index >= 15 is 0 Å². The Bertz CT molecular complexity index is 954. The predicted octanol–water partition coefficient (Wildman–Crippen LogP) is 2.99. The lowest BCUT2D eigenvalue weighted by Crippen LogP contribution is -2.39. The van der Waals surface area contributed by atoms with Crippen molar-refractivity contribution < 1.29 is 14.6 Å². The number of hydrogen-bond donors (Lipinski definition) is 2. The summed E-state index contributed by atoms with van der Waals surface area (Å²) >= 11 is 6.51. The Morgan fingerprint density at radius 1 is 1.32 bits per heavy atom. The lowest BCUT2D eigenvalue weighted by atomic mass is 9.97. The molecule has 28 heavy (non-hydrogen) atoms. The number of rotatable bonds is 6. The van der Waals surface area contributed by atoms with E-state index in [-0.39, 0.29) is 35.7 Å². The fraction of sp³-hybridized carbons (Fsp3) is 0.429. The molecule has 3 rings (SSSR count). The molecule has 1 aromatic heterocycles. The van der Waals surface area contributed by atoms with Crippen molar-refractivity contribution in [2.45, 2.75) is 46.3 Å². The molecule has 0 unspecified atom stereocenters. The number of aliphatic hydroxyl groups excluding tert-OH is 1. The summed E-state index contributed by atoms with van der Waals surface area (Å²) in [6.07, 6.45) is 0.920. The van der Waals surface area contributed by atoms with Crippen LogP contribution in [-0.2, 0) is 13.0 Å². The van der Waals surface area contributed by atoms with Crippen molar-refractivity contribution in [3.63, 3.8) is 0 Å². The van der Waals surface area contributed by atoms with E-state index in [2.05, 4.69) is 4.98 Å². The molecule has 0 fully saturated rings. The number of amides is 1. The van der Waals surface area contributed by atoms with Crippen LogP contribution in [-0.4, -0.2) is 40.2 Å². The van der Waals surface area contributed by atoms with Crippen molar-refractivity contribution in [2.24, 2.45) is 0 Å². The number of aliphatic hydroxyl groups is 1. The third kappa shape index (κ3) is 4.08. The summed E-state index contributed by atoms with van der Waals surface area (Å²) in [6.45, 7) is 6.33. The van der Waals surface area contributed by atoms with E-state index < -0.39 is 0 Å². The van der Waals surface area contributed by atoms with Crippen LogP contribution in [0.25, 0.3) is 0 Å². The lowest BCUT2D eigenvalue weighted by Gasteiger charge is -2.30. The second-order valence-corrected chi connectivity index (χ2v) is 7.65. The van der Waals surface area contributed by atoms with Gasteiger partial charge >= 0.3 is 0 Å². The molecule has 7 heteroatoms. The SMILES string of the molecule is Cc1cc(C)c(CN2CCc3ccc(O[C@@H](C)CCO)c(Cl)c3C2=O)c(=O)[nH]1. The molecule has 2 N–H and O–H groups in total. The number of fused-ring (bicyclic) bond motifs is 1. The fourth-order valence-corrected chi connectivity index (χ4v) is 3.83. The second kappa shape index (κ2) is 8.37. The molecular weight excluding hydrogens is 380 g/mol. The van der Waals surface area contributed by atoms with Gasteiger partial charge in [0, 0.05) is 30.8 Å². The number of aryl methyl sites for hydroxylation is 2. The molecule has 1 aliphatic rings. The molecule has 150 valence electrons. The number of halogens is 1. The Balaban J connectivity index is 1.89. The highest BCUT2D eigenvalue weighted by atomic mass is 35.5. The smallest absolute Gasteiger partial charge is 0.256 e.